The van der Waals surface area contributed by atoms with E-state index in [1.54, 1.807) is 12.1 Å². The van der Waals surface area contributed by atoms with E-state index in [9.17, 15) is 9.59 Å². The second-order valence-corrected chi connectivity index (χ2v) is 7.85. The summed E-state index contributed by atoms with van der Waals surface area (Å²) in [4.78, 5) is 28.3. The lowest BCUT2D eigenvalue weighted by atomic mass is 10.2. The Kier molecular flexibility index (Phi) is 5.96. The first-order valence-electron chi connectivity index (χ1n) is 8.45. The van der Waals surface area contributed by atoms with Crippen molar-refractivity contribution in [3.63, 3.8) is 0 Å². The number of carbonyl (C=O) groups excluding carboxylic acids is 2. The molecule has 26 heavy (non-hydrogen) atoms. The number of nitrogens with zero attached hydrogens (tertiary/aromatic N) is 1. The third-order valence-electron chi connectivity index (χ3n) is 4.46. The molecule has 0 saturated carbocycles. The maximum absolute atomic E-state index is 12.6. The Labute approximate surface area is 161 Å². The number of hydrogen-bond donors (Lipinski definition) is 1. The minimum absolute atomic E-state index is 0.00816. The van der Waals surface area contributed by atoms with E-state index in [4.69, 9.17) is 16.3 Å². The van der Waals surface area contributed by atoms with Crippen LogP contribution in [-0.2, 0) is 9.53 Å². The van der Waals surface area contributed by atoms with Gasteiger partial charge < -0.3 is 15.0 Å². The number of anilines is 1. The summed E-state index contributed by atoms with van der Waals surface area (Å²) in [5.41, 5.74) is 1.65. The number of nitrogens with one attached hydrogen (secondary N) is 1. The molecular weight excluding hydrogens is 372 g/mol. The molecule has 1 N–H and O–H groups in total. The summed E-state index contributed by atoms with van der Waals surface area (Å²) in [5.74, 6) is -0.161. The molecule has 2 heterocycles. The molecule has 0 unspecified atom stereocenters. The van der Waals surface area contributed by atoms with Crippen LogP contribution < -0.4 is 5.32 Å². The number of rotatable bonds is 5. The lowest BCUT2D eigenvalue weighted by molar-refractivity contribution is -0.136. The van der Waals surface area contributed by atoms with Crippen LogP contribution in [0, 0.1) is 6.92 Å². The second kappa shape index (κ2) is 8.20. The minimum Gasteiger partial charge on any atom is -0.375 e. The highest BCUT2D eigenvalue weighted by Crippen LogP contribution is 2.36. The minimum atomic E-state index is -0.153. The van der Waals surface area contributed by atoms with Crippen LogP contribution in [0.3, 0.4) is 0 Å². The summed E-state index contributed by atoms with van der Waals surface area (Å²) in [6, 6.07) is 9.15. The topological polar surface area (TPSA) is 58.6 Å². The zero-order valence-corrected chi connectivity index (χ0v) is 16.3. The molecule has 1 atom stereocenters. The highest BCUT2D eigenvalue weighted by Gasteiger charge is 2.31. The predicted octanol–water partition coefficient (Wildman–Crippen LogP) is 4.27. The van der Waals surface area contributed by atoms with E-state index in [1.165, 1.54) is 18.4 Å². The maximum Gasteiger partial charge on any atom is 0.265 e. The smallest absolute Gasteiger partial charge is 0.265 e. The first-order valence-corrected chi connectivity index (χ1v) is 9.64. The largest absolute Gasteiger partial charge is 0.375 e. The Bertz CT molecular complexity index is 821. The van der Waals surface area contributed by atoms with Gasteiger partial charge in [0.05, 0.1) is 10.9 Å². The summed E-state index contributed by atoms with van der Waals surface area (Å²) in [5, 5.41) is 3.56. The van der Waals surface area contributed by atoms with Crippen molar-refractivity contribution in [3.8, 4) is 0 Å². The normalized spacial score (nSPS) is 16.7. The average molecular weight is 393 g/mol. The number of ether oxygens (including phenoxy) is 1. The first kappa shape index (κ1) is 18.9. The average Bonchev–Trinajstić information content (AvgIpc) is 3.26. The van der Waals surface area contributed by atoms with Crippen molar-refractivity contribution >= 4 is 40.4 Å². The molecule has 1 aromatic heterocycles. The molecule has 1 saturated heterocycles. The zero-order chi connectivity index (χ0) is 18.7. The lowest BCUT2D eigenvalue weighted by Gasteiger charge is -2.23. The van der Waals surface area contributed by atoms with Crippen LogP contribution in [0.2, 0.25) is 5.02 Å². The number of benzene rings is 1. The van der Waals surface area contributed by atoms with Crippen molar-refractivity contribution < 1.29 is 14.3 Å². The van der Waals surface area contributed by atoms with Gasteiger partial charge in [-0.1, -0.05) is 11.6 Å². The Balaban J connectivity index is 1.72. The highest BCUT2D eigenvalue weighted by atomic mass is 35.5. The standard InChI is InChI=1S/C19H21ClN2O3S/c1-12-10-13(20)5-6-14(12)21-19(24)17-8-7-16(26-17)15-4-3-9-22(15)18(23)11-25-2/h5-8,10,15H,3-4,9,11H2,1-2H3,(H,21,24)/t15-/m0/s1. The fourth-order valence-electron chi connectivity index (χ4n) is 3.17. The quantitative estimate of drug-likeness (QED) is 0.826. The van der Waals surface area contributed by atoms with Gasteiger partial charge in [-0.05, 0) is 55.7 Å². The molecule has 0 spiro atoms. The number of halogens is 1. The van der Waals surface area contributed by atoms with Gasteiger partial charge in [0.2, 0.25) is 5.91 Å². The fraction of sp³-hybridized carbons (Fsp3) is 0.368. The molecule has 0 bridgehead atoms. The molecule has 5 nitrogen and oxygen atoms in total. The van der Waals surface area contributed by atoms with Crippen LogP contribution >= 0.6 is 22.9 Å². The number of carbonyl (C=O) groups is 2. The first-order chi connectivity index (χ1) is 12.5. The number of amides is 2. The molecule has 1 fully saturated rings. The van der Waals surface area contributed by atoms with Gasteiger partial charge in [0.1, 0.15) is 6.61 Å². The number of likely N-dealkylation sites (tertiary alicyclic amines) is 1. The van der Waals surface area contributed by atoms with Crippen LogP contribution in [0.15, 0.2) is 30.3 Å². The van der Waals surface area contributed by atoms with E-state index >= 15 is 0 Å². The number of hydrogen-bond acceptors (Lipinski definition) is 4. The molecule has 1 aliphatic rings. The number of thiophene rings is 1. The Hall–Kier alpha value is -1.89. The molecular formula is C19H21ClN2O3S. The summed E-state index contributed by atoms with van der Waals surface area (Å²) >= 11 is 7.39. The monoisotopic (exact) mass is 392 g/mol. The second-order valence-electron chi connectivity index (χ2n) is 6.29. The molecule has 0 aliphatic carbocycles. The zero-order valence-electron chi connectivity index (χ0n) is 14.8. The molecule has 138 valence electrons. The highest BCUT2D eigenvalue weighted by molar-refractivity contribution is 7.14. The van der Waals surface area contributed by atoms with Gasteiger partial charge in [-0.3, -0.25) is 9.59 Å². The Morgan fingerprint density at radius 1 is 1.35 bits per heavy atom. The van der Waals surface area contributed by atoms with Gasteiger partial charge in [-0.15, -0.1) is 11.3 Å². The van der Waals surface area contributed by atoms with Crippen LogP contribution in [0.4, 0.5) is 5.69 Å². The van der Waals surface area contributed by atoms with E-state index in [0.29, 0.717) is 9.90 Å². The van der Waals surface area contributed by atoms with Gasteiger partial charge in [-0.25, -0.2) is 0 Å². The molecule has 7 heteroatoms. The SMILES string of the molecule is COCC(=O)N1CCC[C@H]1c1ccc(C(=O)Nc2ccc(Cl)cc2C)s1. The molecule has 2 aromatic rings. The lowest BCUT2D eigenvalue weighted by Crippen LogP contribution is -2.32. The summed E-state index contributed by atoms with van der Waals surface area (Å²) in [6.45, 7) is 2.72. The van der Waals surface area contributed by atoms with E-state index in [2.05, 4.69) is 5.32 Å². The van der Waals surface area contributed by atoms with Gasteiger partial charge in [0, 0.05) is 29.2 Å². The van der Waals surface area contributed by atoms with Gasteiger partial charge in [-0.2, -0.15) is 0 Å². The van der Waals surface area contributed by atoms with Crippen LogP contribution in [-0.4, -0.2) is 37.0 Å². The molecule has 2 amide bonds. The van der Waals surface area contributed by atoms with E-state index in [1.807, 2.05) is 30.0 Å². The van der Waals surface area contributed by atoms with Crippen molar-refractivity contribution in [1.82, 2.24) is 4.90 Å². The van der Waals surface area contributed by atoms with E-state index < -0.39 is 0 Å². The third-order valence-corrected chi connectivity index (χ3v) is 5.88. The summed E-state index contributed by atoms with van der Waals surface area (Å²) < 4.78 is 4.97. The van der Waals surface area contributed by atoms with Gasteiger partial charge in [0.25, 0.3) is 5.91 Å². The van der Waals surface area contributed by atoms with Crippen LogP contribution in [0.5, 0.6) is 0 Å². The third kappa shape index (κ3) is 4.09. The van der Waals surface area contributed by atoms with Crippen LogP contribution in [0.25, 0.3) is 0 Å². The molecule has 3 rings (SSSR count). The fourth-order valence-corrected chi connectivity index (χ4v) is 4.45. The van der Waals surface area contributed by atoms with E-state index in [-0.39, 0.29) is 24.5 Å². The molecule has 1 aromatic carbocycles. The Morgan fingerprint density at radius 2 is 2.15 bits per heavy atom. The van der Waals surface area contributed by atoms with E-state index in [0.717, 1.165) is 35.5 Å². The molecule has 1 aliphatic heterocycles. The van der Waals surface area contributed by atoms with Crippen molar-refractivity contribution in [3.05, 3.63) is 50.7 Å². The van der Waals surface area contributed by atoms with Crippen molar-refractivity contribution in [2.45, 2.75) is 25.8 Å². The summed E-state index contributed by atoms with van der Waals surface area (Å²) in [7, 11) is 1.52. The summed E-state index contributed by atoms with van der Waals surface area (Å²) in [6.07, 6.45) is 1.87. The number of aryl methyl sites for hydroxylation is 1. The van der Waals surface area contributed by atoms with Gasteiger partial charge >= 0.3 is 0 Å². The maximum atomic E-state index is 12.6. The molecule has 0 radical (unpaired) electrons. The van der Waals surface area contributed by atoms with Crippen LogP contribution in [0.1, 0.15) is 39.0 Å². The number of methoxy groups -OCH3 is 1. The van der Waals surface area contributed by atoms with Crippen molar-refractivity contribution in [2.24, 2.45) is 0 Å². The van der Waals surface area contributed by atoms with Crippen molar-refractivity contribution in [2.75, 3.05) is 25.6 Å². The predicted molar refractivity (Wildman–Crippen MR) is 104 cm³/mol. The Morgan fingerprint density at radius 3 is 2.88 bits per heavy atom. The van der Waals surface area contributed by atoms with Gasteiger partial charge in [0.15, 0.2) is 0 Å². The van der Waals surface area contributed by atoms with Crippen molar-refractivity contribution in [1.29, 1.82) is 0 Å².